The van der Waals surface area contributed by atoms with Crippen LogP contribution in [0.3, 0.4) is 0 Å². The third-order valence-corrected chi connectivity index (χ3v) is 4.16. The van der Waals surface area contributed by atoms with E-state index in [0.717, 1.165) is 0 Å². The van der Waals surface area contributed by atoms with E-state index in [1.807, 2.05) is 25.7 Å². The number of pyridine rings is 1. The molecular formula is C18H23N7O4. The third-order valence-electron chi connectivity index (χ3n) is 4.16. The van der Waals surface area contributed by atoms with Gasteiger partial charge in [-0.05, 0) is 32.9 Å². The molecule has 2 aromatic rings. The first-order chi connectivity index (χ1) is 13.7. The van der Waals surface area contributed by atoms with Crippen molar-refractivity contribution in [2.24, 2.45) is 0 Å². The molecule has 1 saturated heterocycles. The highest BCUT2D eigenvalue weighted by atomic mass is 16.6. The molecule has 0 bridgehead atoms. The number of amides is 1. The topological polar surface area (TPSA) is 127 Å². The van der Waals surface area contributed by atoms with Crippen LogP contribution in [-0.4, -0.2) is 62.9 Å². The van der Waals surface area contributed by atoms with Crippen molar-refractivity contribution in [3.05, 3.63) is 40.7 Å². The van der Waals surface area contributed by atoms with E-state index >= 15 is 0 Å². The van der Waals surface area contributed by atoms with Gasteiger partial charge in [0.15, 0.2) is 0 Å². The van der Waals surface area contributed by atoms with Gasteiger partial charge in [-0.3, -0.25) is 10.1 Å². The van der Waals surface area contributed by atoms with Crippen molar-refractivity contribution in [2.45, 2.75) is 26.4 Å². The summed E-state index contributed by atoms with van der Waals surface area (Å²) in [5.74, 6) is 0.707. The van der Waals surface area contributed by atoms with E-state index in [1.54, 1.807) is 17.0 Å². The summed E-state index contributed by atoms with van der Waals surface area (Å²) in [6.45, 7) is 7.52. The molecule has 0 aliphatic carbocycles. The normalized spacial score (nSPS) is 14.4. The van der Waals surface area contributed by atoms with Gasteiger partial charge in [0.1, 0.15) is 11.4 Å². The first-order valence-corrected chi connectivity index (χ1v) is 9.15. The second kappa shape index (κ2) is 8.25. The Labute approximate surface area is 167 Å². The van der Waals surface area contributed by atoms with Crippen LogP contribution in [0.1, 0.15) is 20.8 Å². The number of hydrogen-bond donors (Lipinski definition) is 1. The fourth-order valence-corrected chi connectivity index (χ4v) is 2.80. The molecule has 0 saturated carbocycles. The summed E-state index contributed by atoms with van der Waals surface area (Å²) in [7, 11) is 0. The Hall–Kier alpha value is -3.50. The number of nitro groups is 1. The molecule has 1 amide bonds. The molecule has 1 fully saturated rings. The lowest BCUT2D eigenvalue weighted by Gasteiger charge is -2.36. The van der Waals surface area contributed by atoms with Gasteiger partial charge in [0, 0.05) is 32.2 Å². The average molecular weight is 401 g/mol. The first kappa shape index (κ1) is 20.2. The van der Waals surface area contributed by atoms with Gasteiger partial charge in [0.25, 0.3) is 0 Å². The fourth-order valence-electron chi connectivity index (χ4n) is 2.80. The van der Waals surface area contributed by atoms with Crippen molar-refractivity contribution in [3.8, 4) is 0 Å². The Balaban J connectivity index is 1.72. The molecule has 11 heteroatoms. The minimum Gasteiger partial charge on any atom is -0.444 e. The van der Waals surface area contributed by atoms with Crippen LogP contribution in [0, 0.1) is 10.1 Å². The Bertz CT molecular complexity index is 878. The van der Waals surface area contributed by atoms with Crippen LogP contribution in [0.4, 0.5) is 27.8 Å². The standard InChI is InChI=1S/C18H23N7O4/c1-18(2,3)29-17(26)24-10-8-23(9-11-24)15-5-4-14(25(27)28)16(22-15)21-13-6-7-19-20-12-13/h4-7,12H,8-11H2,1-3H3,(H,19,21,22). The molecule has 29 heavy (non-hydrogen) atoms. The van der Waals surface area contributed by atoms with Gasteiger partial charge >= 0.3 is 11.8 Å². The van der Waals surface area contributed by atoms with E-state index in [9.17, 15) is 14.9 Å². The molecule has 1 aliphatic rings. The van der Waals surface area contributed by atoms with Gasteiger partial charge in [-0.2, -0.15) is 10.2 Å². The zero-order valence-corrected chi connectivity index (χ0v) is 16.5. The highest BCUT2D eigenvalue weighted by molar-refractivity contribution is 5.69. The summed E-state index contributed by atoms with van der Waals surface area (Å²) in [5.41, 5.74) is -0.142. The third kappa shape index (κ3) is 5.27. The van der Waals surface area contributed by atoms with Crippen LogP contribution in [0.25, 0.3) is 0 Å². The summed E-state index contributed by atoms with van der Waals surface area (Å²) in [6, 6.07) is 4.67. The first-order valence-electron chi connectivity index (χ1n) is 9.15. The van der Waals surface area contributed by atoms with E-state index in [4.69, 9.17) is 4.74 Å². The van der Waals surface area contributed by atoms with Crippen molar-refractivity contribution >= 4 is 29.1 Å². The van der Waals surface area contributed by atoms with Crippen LogP contribution in [0.5, 0.6) is 0 Å². The van der Waals surface area contributed by atoms with Crippen LogP contribution < -0.4 is 10.2 Å². The van der Waals surface area contributed by atoms with Crippen LogP contribution in [-0.2, 0) is 4.74 Å². The number of hydrogen-bond acceptors (Lipinski definition) is 9. The number of aromatic nitrogens is 3. The summed E-state index contributed by atoms with van der Waals surface area (Å²) in [5, 5.41) is 21.7. The number of piperazine rings is 1. The number of nitrogens with zero attached hydrogens (tertiary/aromatic N) is 6. The largest absolute Gasteiger partial charge is 0.444 e. The summed E-state index contributed by atoms with van der Waals surface area (Å²) in [6.07, 6.45) is 2.59. The summed E-state index contributed by atoms with van der Waals surface area (Å²) >= 11 is 0. The van der Waals surface area contributed by atoms with Crippen molar-refractivity contribution in [2.75, 3.05) is 36.4 Å². The maximum absolute atomic E-state index is 12.2. The minimum absolute atomic E-state index is 0.120. The molecule has 0 atom stereocenters. The van der Waals surface area contributed by atoms with Gasteiger partial charge in [-0.1, -0.05) is 0 Å². The molecular weight excluding hydrogens is 378 g/mol. The maximum atomic E-state index is 12.2. The van der Waals surface area contributed by atoms with E-state index in [1.165, 1.54) is 18.5 Å². The lowest BCUT2D eigenvalue weighted by atomic mass is 10.2. The number of carbonyl (C=O) groups is 1. The van der Waals surface area contributed by atoms with E-state index in [-0.39, 0.29) is 17.6 Å². The van der Waals surface area contributed by atoms with Gasteiger partial charge in [0.05, 0.1) is 23.0 Å². The SMILES string of the molecule is CC(C)(C)OC(=O)N1CCN(c2ccc([N+](=O)[O-])c(Nc3ccnnc3)n2)CC1. The second-order valence-electron chi connectivity index (χ2n) is 7.50. The number of rotatable bonds is 4. The van der Waals surface area contributed by atoms with Crippen molar-refractivity contribution in [1.29, 1.82) is 0 Å². The van der Waals surface area contributed by atoms with Crippen molar-refractivity contribution < 1.29 is 14.5 Å². The Morgan fingerprint density at radius 3 is 2.48 bits per heavy atom. The molecule has 154 valence electrons. The molecule has 3 heterocycles. The number of ether oxygens (including phenoxy) is 1. The Kier molecular flexibility index (Phi) is 5.76. The Morgan fingerprint density at radius 1 is 1.17 bits per heavy atom. The monoisotopic (exact) mass is 401 g/mol. The predicted octanol–water partition coefficient (Wildman–Crippen LogP) is 2.58. The van der Waals surface area contributed by atoms with E-state index < -0.39 is 10.5 Å². The van der Waals surface area contributed by atoms with E-state index in [0.29, 0.717) is 37.7 Å². The number of anilines is 3. The molecule has 0 unspecified atom stereocenters. The van der Waals surface area contributed by atoms with Crippen LogP contribution >= 0.6 is 0 Å². The highest BCUT2D eigenvalue weighted by Crippen LogP contribution is 2.28. The zero-order chi connectivity index (χ0) is 21.0. The fraction of sp³-hybridized carbons (Fsp3) is 0.444. The smallest absolute Gasteiger partial charge is 0.410 e. The van der Waals surface area contributed by atoms with E-state index in [2.05, 4.69) is 20.5 Å². The highest BCUT2D eigenvalue weighted by Gasteiger charge is 2.27. The lowest BCUT2D eigenvalue weighted by molar-refractivity contribution is -0.384. The molecule has 0 aromatic carbocycles. The number of carbonyl (C=O) groups excluding carboxylic acids is 1. The van der Waals surface area contributed by atoms with Crippen molar-refractivity contribution in [3.63, 3.8) is 0 Å². The zero-order valence-electron chi connectivity index (χ0n) is 16.5. The average Bonchev–Trinajstić information content (AvgIpc) is 2.67. The van der Waals surface area contributed by atoms with Gasteiger partial charge in [-0.15, -0.1) is 0 Å². The van der Waals surface area contributed by atoms with Gasteiger partial charge < -0.3 is 19.9 Å². The van der Waals surface area contributed by atoms with Gasteiger partial charge in [-0.25, -0.2) is 9.78 Å². The molecule has 3 rings (SSSR count). The van der Waals surface area contributed by atoms with Gasteiger partial charge in [0.2, 0.25) is 5.82 Å². The number of nitrogens with one attached hydrogen (secondary N) is 1. The minimum atomic E-state index is -0.545. The van der Waals surface area contributed by atoms with Crippen LogP contribution in [0.15, 0.2) is 30.6 Å². The molecule has 1 N–H and O–H groups in total. The second-order valence-corrected chi connectivity index (χ2v) is 7.50. The van der Waals surface area contributed by atoms with Crippen molar-refractivity contribution in [1.82, 2.24) is 20.1 Å². The summed E-state index contributed by atoms with van der Waals surface area (Å²) in [4.78, 5) is 31.1. The lowest BCUT2D eigenvalue weighted by Crippen LogP contribution is -2.50. The maximum Gasteiger partial charge on any atom is 0.410 e. The summed E-state index contributed by atoms with van der Waals surface area (Å²) < 4.78 is 5.40. The quantitative estimate of drug-likeness (QED) is 0.607. The molecule has 2 aromatic heterocycles. The van der Waals surface area contributed by atoms with Crippen LogP contribution in [0.2, 0.25) is 0 Å². The molecule has 1 aliphatic heterocycles. The molecule has 11 nitrogen and oxygen atoms in total. The molecule has 0 radical (unpaired) electrons. The molecule has 0 spiro atoms. The predicted molar refractivity (Wildman–Crippen MR) is 106 cm³/mol. The Morgan fingerprint density at radius 2 is 1.90 bits per heavy atom.